The number of halogens is 1. The van der Waals surface area contributed by atoms with Gasteiger partial charge in [0.2, 0.25) is 0 Å². The van der Waals surface area contributed by atoms with Gasteiger partial charge in [0.1, 0.15) is 12.4 Å². The van der Waals surface area contributed by atoms with Crippen molar-refractivity contribution in [1.82, 2.24) is 0 Å². The maximum absolute atomic E-state index is 5.94. The summed E-state index contributed by atoms with van der Waals surface area (Å²) >= 11 is 3.48. The van der Waals surface area contributed by atoms with Crippen LogP contribution in [0.2, 0.25) is 0 Å². The summed E-state index contributed by atoms with van der Waals surface area (Å²) in [6, 6.07) is 12.4. The summed E-state index contributed by atoms with van der Waals surface area (Å²) in [6.07, 6.45) is 0. The third-order valence-electron chi connectivity index (χ3n) is 3.04. The van der Waals surface area contributed by atoms with Crippen LogP contribution >= 0.6 is 15.9 Å². The second-order valence-electron chi connectivity index (χ2n) is 4.69. The molecule has 2 aromatic rings. The summed E-state index contributed by atoms with van der Waals surface area (Å²) in [5.74, 6) is 0.895. The van der Waals surface area contributed by atoms with Crippen LogP contribution in [0.3, 0.4) is 0 Å². The fourth-order valence-electron chi connectivity index (χ4n) is 2.00. The summed E-state index contributed by atoms with van der Waals surface area (Å²) in [5, 5.41) is 0. The molecule has 3 heteroatoms. The maximum atomic E-state index is 5.94. The van der Waals surface area contributed by atoms with Gasteiger partial charge < -0.3 is 10.5 Å². The predicted molar refractivity (Wildman–Crippen MR) is 82.3 cm³/mol. The van der Waals surface area contributed by atoms with Crippen LogP contribution in [0.25, 0.3) is 0 Å². The average Bonchev–Trinajstić information content (AvgIpc) is 2.39. The Hall–Kier alpha value is -1.32. The third-order valence-corrected chi connectivity index (χ3v) is 3.50. The molecule has 0 heterocycles. The highest BCUT2D eigenvalue weighted by Crippen LogP contribution is 2.28. The first-order valence-corrected chi connectivity index (χ1v) is 7.07. The van der Waals surface area contributed by atoms with Crippen molar-refractivity contribution in [2.75, 3.05) is 0 Å². The average molecular weight is 320 g/mol. The molecule has 0 aliphatic carbocycles. The molecule has 2 rings (SSSR count). The lowest BCUT2D eigenvalue weighted by atomic mass is 10.1. The molecule has 100 valence electrons. The van der Waals surface area contributed by atoms with Gasteiger partial charge >= 0.3 is 0 Å². The van der Waals surface area contributed by atoms with Gasteiger partial charge in [0.25, 0.3) is 0 Å². The molecule has 2 aromatic carbocycles. The van der Waals surface area contributed by atoms with E-state index in [1.165, 1.54) is 5.56 Å². The highest BCUT2D eigenvalue weighted by molar-refractivity contribution is 9.10. The van der Waals surface area contributed by atoms with Crippen LogP contribution in [-0.2, 0) is 13.2 Å². The minimum absolute atomic E-state index is 0.476. The molecule has 0 saturated carbocycles. The van der Waals surface area contributed by atoms with E-state index in [1.807, 2.05) is 19.1 Å². The maximum Gasteiger partial charge on any atom is 0.127 e. The van der Waals surface area contributed by atoms with E-state index in [-0.39, 0.29) is 0 Å². The molecule has 0 fully saturated rings. The topological polar surface area (TPSA) is 35.2 Å². The van der Waals surface area contributed by atoms with Crippen molar-refractivity contribution >= 4 is 15.9 Å². The zero-order chi connectivity index (χ0) is 13.8. The first-order valence-electron chi connectivity index (χ1n) is 6.27. The van der Waals surface area contributed by atoms with Gasteiger partial charge in [-0.1, -0.05) is 45.8 Å². The van der Waals surface area contributed by atoms with Gasteiger partial charge in [-0.25, -0.2) is 0 Å². The summed E-state index contributed by atoms with van der Waals surface area (Å²) in [6.45, 7) is 5.16. The van der Waals surface area contributed by atoms with Crippen molar-refractivity contribution in [3.05, 3.63) is 63.1 Å². The number of nitrogens with two attached hydrogens (primary N) is 1. The van der Waals surface area contributed by atoms with Crippen LogP contribution in [0.1, 0.15) is 22.3 Å². The molecule has 2 N–H and O–H groups in total. The van der Waals surface area contributed by atoms with Gasteiger partial charge in [-0.3, -0.25) is 0 Å². The van der Waals surface area contributed by atoms with E-state index in [0.717, 1.165) is 26.9 Å². The van der Waals surface area contributed by atoms with Crippen LogP contribution in [0.4, 0.5) is 0 Å². The Labute approximate surface area is 122 Å². The Morgan fingerprint density at radius 3 is 2.42 bits per heavy atom. The molecular weight excluding hydrogens is 302 g/mol. The van der Waals surface area contributed by atoms with Gasteiger partial charge in [-0.15, -0.1) is 0 Å². The monoisotopic (exact) mass is 319 g/mol. The van der Waals surface area contributed by atoms with E-state index < -0.39 is 0 Å². The zero-order valence-corrected chi connectivity index (χ0v) is 12.8. The Morgan fingerprint density at radius 2 is 1.79 bits per heavy atom. The fourth-order valence-corrected chi connectivity index (χ4v) is 2.62. The van der Waals surface area contributed by atoms with Crippen molar-refractivity contribution in [3.8, 4) is 5.75 Å². The molecule has 0 aliphatic heterocycles. The predicted octanol–water partition coefficient (Wildman–Crippen LogP) is 4.10. The number of aryl methyl sites for hydroxylation is 2. The quantitative estimate of drug-likeness (QED) is 0.920. The summed E-state index contributed by atoms with van der Waals surface area (Å²) < 4.78 is 6.97. The molecular formula is C16H18BrNO. The van der Waals surface area contributed by atoms with E-state index in [2.05, 4.69) is 47.1 Å². The summed E-state index contributed by atoms with van der Waals surface area (Å²) in [4.78, 5) is 0. The van der Waals surface area contributed by atoms with Crippen LogP contribution in [0, 0.1) is 13.8 Å². The molecule has 0 amide bonds. The van der Waals surface area contributed by atoms with Crippen molar-refractivity contribution in [2.45, 2.75) is 27.0 Å². The molecule has 0 spiro atoms. The molecule has 19 heavy (non-hydrogen) atoms. The summed E-state index contributed by atoms with van der Waals surface area (Å²) in [5.41, 5.74) is 10.3. The van der Waals surface area contributed by atoms with E-state index >= 15 is 0 Å². The largest absolute Gasteiger partial charge is 0.488 e. The number of rotatable bonds is 4. The Balaban J connectivity index is 2.17. The lowest BCUT2D eigenvalue weighted by Crippen LogP contribution is -2.04. The second-order valence-corrected chi connectivity index (χ2v) is 5.61. The molecule has 2 nitrogen and oxygen atoms in total. The van der Waals surface area contributed by atoms with Crippen molar-refractivity contribution in [2.24, 2.45) is 5.73 Å². The van der Waals surface area contributed by atoms with E-state index in [0.29, 0.717) is 13.2 Å². The van der Waals surface area contributed by atoms with E-state index in [1.54, 1.807) is 0 Å². The van der Waals surface area contributed by atoms with E-state index in [9.17, 15) is 0 Å². The molecule has 0 bridgehead atoms. The molecule has 0 unspecified atom stereocenters. The number of benzene rings is 2. The Kier molecular flexibility index (Phi) is 4.61. The number of hydrogen-bond acceptors (Lipinski definition) is 2. The Morgan fingerprint density at radius 1 is 1.11 bits per heavy atom. The molecule has 0 aromatic heterocycles. The van der Waals surface area contributed by atoms with Gasteiger partial charge in [0.15, 0.2) is 0 Å². The molecule has 0 saturated heterocycles. The minimum atomic E-state index is 0.476. The SMILES string of the molecule is Cc1ccc(COc2c(C)cc(Br)cc2CN)cc1. The van der Waals surface area contributed by atoms with Gasteiger partial charge in [-0.05, 0) is 37.1 Å². The van der Waals surface area contributed by atoms with Crippen LogP contribution in [0.5, 0.6) is 5.75 Å². The normalized spacial score (nSPS) is 10.5. The number of hydrogen-bond donors (Lipinski definition) is 1. The van der Waals surface area contributed by atoms with E-state index in [4.69, 9.17) is 10.5 Å². The van der Waals surface area contributed by atoms with Crippen molar-refractivity contribution < 1.29 is 4.74 Å². The second kappa shape index (κ2) is 6.22. The standard InChI is InChI=1S/C16H18BrNO/c1-11-3-5-13(6-4-11)10-19-16-12(2)7-15(17)8-14(16)9-18/h3-8H,9-10,18H2,1-2H3. The minimum Gasteiger partial charge on any atom is -0.488 e. The van der Waals surface area contributed by atoms with Gasteiger partial charge in [0.05, 0.1) is 0 Å². The third kappa shape index (κ3) is 3.58. The highest BCUT2D eigenvalue weighted by atomic mass is 79.9. The first kappa shape index (κ1) is 14.1. The molecule has 0 atom stereocenters. The smallest absolute Gasteiger partial charge is 0.127 e. The lowest BCUT2D eigenvalue weighted by molar-refractivity contribution is 0.301. The first-order chi connectivity index (χ1) is 9.10. The Bertz CT molecular complexity index is 564. The van der Waals surface area contributed by atoms with Gasteiger partial charge in [0, 0.05) is 16.6 Å². The van der Waals surface area contributed by atoms with Crippen LogP contribution in [-0.4, -0.2) is 0 Å². The van der Waals surface area contributed by atoms with Crippen molar-refractivity contribution in [3.63, 3.8) is 0 Å². The highest BCUT2D eigenvalue weighted by Gasteiger charge is 2.08. The van der Waals surface area contributed by atoms with Crippen LogP contribution < -0.4 is 10.5 Å². The van der Waals surface area contributed by atoms with Crippen LogP contribution in [0.15, 0.2) is 40.9 Å². The van der Waals surface area contributed by atoms with Crippen molar-refractivity contribution in [1.29, 1.82) is 0 Å². The molecule has 0 aliphatic rings. The summed E-state index contributed by atoms with van der Waals surface area (Å²) in [7, 11) is 0. The zero-order valence-electron chi connectivity index (χ0n) is 11.2. The molecule has 0 radical (unpaired) electrons. The number of ether oxygens (including phenoxy) is 1. The lowest BCUT2D eigenvalue weighted by Gasteiger charge is -2.14. The van der Waals surface area contributed by atoms with Gasteiger partial charge in [-0.2, -0.15) is 0 Å². The fraction of sp³-hybridized carbons (Fsp3) is 0.250.